The van der Waals surface area contributed by atoms with Crippen LogP contribution in [0.5, 0.6) is 0 Å². The van der Waals surface area contributed by atoms with E-state index in [0.717, 1.165) is 12.1 Å². The highest BCUT2D eigenvalue weighted by molar-refractivity contribution is 5.92. The summed E-state index contributed by atoms with van der Waals surface area (Å²) in [7, 11) is 0. The highest BCUT2D eigenvalue weighted by Crippen LogP contribution is 2.31. The molecular formula is C13H11F3N2O3. The first-order chi connectivity index (χ1) is 9.82. The van der Waals surface area contributed by atoms with Crippen LogP contribution in [-0.4, -0.2) is 17.6 Å². The first-order valence-corrected chi connectivity index (χ1v) is 5.94. The third-order valence-corrected chi connectivity index (χ3v) is 2.58. The van der Waals surface area contributed by atoms with E-state index in [1.165, 1.54) is 12.1 Å². The van der Waals surface area contributed by atoms with Crippen LogP contribution >= 0.6 is 0 Å². The van der Waals surface area contributed by atoms with E-state index in [1.807, 2.05) is 0 Å². The predicted molar refractivity (Wildman–Crippen MR) is 67.3 cm³/mol. The molecule has 0 unspecified atom stereocenters. The van der Waals surface area contributed by atoms with Crippen LogP contribution in [-0.2, 0) is 10.9 Å². The van der Waals surface area contributed by atoms with Gasteiger partial charge in [-0.1, -0.05) is 0 Å². The molecule has 0 bridgehead atoms. The number of anilines is 1. The van der Waals surface area contributed by atoms with Crippen molar-refractivity contribution >= 4 is 11.9 Å². The van der Waals surface area contributed by atoms with Gasteiger partial charge in [-0.15, -0.1) is 0 Å². The van der Waals surface area contributed by atoms with E-state index in [-0.39, 0.29) is 29.6 Å². The van der Waals surface area contributed by atoms with Gasteiger partial charge in [0.05, 0.1) is 12.2 Å². The zero-order valence-corrected chi connectivity index (χ0v) is 10.9. The van der Waals surface area contributed by atoms with Gasteiger partial charge in [0.25, 0.3) is 0 Å². The Bertz CT molecular complexity index is 648. The van der Waals surface area contributed by atoms with E-state index in [0.29, 0.717) is 0 Å². The predicted octanol–water partition coefficient (Wildman–Crippen LogP) is 3.12. The molecule has 0 amide bonds. The molecule has 1 aromatic carbocycles. The van der Waals surface area contributed by atoms with Gasteiger partial charge in [-0.3, -0.25) is 0 Å². The number of alkyl halides is 3. The Labute approximate surface area is 117 Å². The highest BCUT2D eigenvalue weighted by atomic mass is 19.4. The maximum absolute atomic E-state index is 12.5. The minimum absolute atomic E-state index is 0.0516. The maximum Gasteiger partial charge on any atom is 0.416 e. The van der Waals surface area contributed by atoms with Crippen LogP contribution in [0.4, 0.5) is 19.1 Å². The number of benzene rings is 1. The highest BCUT2D eigenvalue weighted by Gasteiger charge is 2.30. The lowest BCUT2D eigenvalue weighted by Gasteiger charge is -2.05. The zero-order chi connectivity index (χ0) is 15.6. The molecule has 21 heavy (non-hydrogen) atoms. The number of nitrogens with two attached hydrogens (primary N) is 1. The van der Waals surface area contributed by atoms with E-state index in [1.54, 1.807) is 6.92 Å². The fraction of sp³-hybridized carbons (Fsp3) is 0.231. The number of rotatable bonds is 3. The lowest BCUT2D eigenvalue weighted by Crippen LogP contribution is -2.07. The molecule has 0 aliphatic heterocycles. The van der Waals surface area contributed by atoms with Crippen molar-refractivity contribution < 1.29 is 27.1 Å². The molecule has 5 nitrogen and oxygen atoms in total. The molecular weight excluding hydrogens is 289 g/mol. The maximum atomic E-state index is 12.5. The molecule has 0 radical (unpaired) electrons. The van der Waals surface area contributed by atoms with Crippen LogP contribution in [0, 0.1) is 0 Å². The van der Waals surface area contributed by atoms with Gasteiger partial charge in [-0.2, -0.15) is 18.2 Å². The van der Waals surface area contributed by atoms with Crippen molar-refractivity contribution in [3.05, 3.63) is 35.5 Å². The van der Waals surface area contributed by atoms with Gasteiger partial charge in [0.2, 0.25) is 17.5 Å². The number of aromatic nitrogens is 1. The standard InChI is InChI=1S/C13H11F3N2O3/c1-2-20-12(19)9-10(17)21-11(18-9)7-3-5-8(6-4-7)13(14,15)16/h3-6H,2,17H2,1H3. The lowest BCUT2D eigenvalue weighted by atomic mass is 10.1. The molecule has 2 rings (SSSR count). The quantitative estimate of drug-likeness (QED) is 0.881. The SMILES string of the molecule is CCOC(=O)c1nc(-c2ccc(C(F)(F)F)cc2)oc1N. The Morgan fingerprint density at radius 2 is 1.95 bits per heavy atom. The molecule has 112 valence electrons. The second kappa shape index (κ2) is 5.47. The molecule has 0 atom stereocenters. The number of hydrogen-bond acceptors (Lipinski definition) is 5. The van der Waals surface area contributed by atoms with Crippen molar-refractivity contribution in [1.29, 1.82) is 0 Å². The number of carbonyl (C=O) groups is 1. The molecule has 1 heterocycles. The van der Waals surface area contributed by atoms with Gasteiger partial charge in [0.15, 0.2) is 0 Å². The Morgan fingerprint density at radius 1 is 1.33 bits per heavy atom. The van der Waals surface area contributed by atoms with Gasteiger partial charge >= 0.3 is 12.1 Å². The Hall–Kier alpha value is -2.51. The average Bonchev–Trinajstić information content (AvgIpc) is 2.80. The summed E-state index contributed by atoms with van der Waals surface area (Å²) in [6, 6.07) is 4.14. The number of nitrogen functional groups attached to an aromatic ring is 1. The fourth-order valence-corrected chi connectivity index (χ4v) is 1.60. The van der Waals surface area contributed by atoms with Gasteiger partial charge in [-0.05, 0) is 31.2 Å². The number of oxazole rings is 1. The number of esters is 1. The molecule has 0 aliphatic rings. The molecule has 0 fully saturated rings. The van der Waals surface area contributed by atoms with Crippen LogP contribution in [0.1, 0.15) is 23.0 Å². The summed E-state index contributed by atoms with van der Waals surface area (Å²) in [5, 5.41) is 0. The average molecular weight is 300 g/mol. The lowest BCUT2D eigenvalue weighted by molar-refractivity contribution is -0.137. The van der Waals surface area contributed by atoms with Crippen LogP contribution in [0.25, 0.3) is 11.5 Å². The van der Waals surface area contributed by atoms with Crippen LogP contribution < -0.4 is 5.73 Å². The number of halogens is 3. The largest absolute Gasteiger partial charge is 0.461 e. The van der Waals surface area contributed by atoms with E-state index >= 15 is 0 Å². The number of nitrogens with zero attached hydrogens (tertiary/aromatic N) is 1. The molecule has 0 spiro atoms. The molecule has 8 heteroatoms. The molecule has 0 saturated heterocycles. The summed E-state index contributed by atoms with van der Waals surface area (Å²) in [6.45, 7) is 1.76. The second-order valence-corrected chi connectivity index (χ2v) is 4.03. The Balaban J connectivity index is 2.31. The summed E-state index contributed by atoms with van der Waals surface area (Å²) in [4.78, 5) is 15.4. The number of ether oxygens (including phenoxy) is 1. The van der Waals surface area contributed by atoms with Crippen molar-refractivity contribution in [3.8, 4) is 11.5 Å². The number of hydrogen-bond donors (Lipinski definition) is 1. The van der Waals surface area contributed by atoms with Crippen LogP contribution in [0.2, 0.25) is 0 Å². The van der Waals surface area contributed by atoms with Crippen molar-refractivity contribution in [3.63, 3.8) is 0 Å². The van der Waals surface area contributed by atoms with E-state index < -0.39 is 17.7 Å². The van der Waals surface area contributed by atoms with Crippen molar-refractivity contribution in [2.75, 3.05) is 12.3 Å². The topological polar surface area (TPSA) is 78.3 Å². The minimum atomic E-state index is -4.43. The summed E-state index contributed by atoms with van der Waals surface area (Å²) >= 11 is 0. The zero-order valence-electron chi connectivity index (χ0n) is 10.9. The summed E-state index contributed by atoms with van der Waals surface area (Å²) in [6.07, 6.45) is -4.43. The van der Waals surface area contributed by atoms with Gasteiger partial charge in [0.1, 0.15) is 0 Å². The van der Waals surface area contributed by atoms with Crippen LogP contribution in [0.15, 0.2) is 28.7 Å². The molecule has 0 saturated carbocycles. The monoisotopic (exact) mass is 300 g/mol. The van der Waals surface area contributed by atoms with E-state index in [4.69, 9.17) is 14.9 Å². The smallest absolute Gasteiger partial charge is 0.416 e. The van der Waals surface area contributed by atoms with Gasteiger partial charge in [0, 0.05) is 5.56 Å². The second-order valence-electron chi connectivity index (χ2n) is 4.03. The first-order valence-electron chi connectivity index (χ1n) is 5.94. The number of carbonyl (C=O) groups excluding carboxylic acids is 1. The normalized spacial score (nSPS) is 11.4. The molecule has 2 N–H and O–H groups in total. The van der Waals surface area contributed by atoms with Crippen molar-refractivity contribution in [1.82, 2.24) is 4.98 Å². The summed E-state index contributed by atoms with van der Waals surface area (Å²) in [5.41, 5.74) is 4.77. The molecule has 2 aromatic rings. The Morgan fingerprint density at radius 3 is 2.48 bits per heavy atom. The van der Waals surface area contributed by atoms with Crippen molar-refractivity contribution in [2.24, 2.45) is 0 Å². The minimum Gasteiger partial charge on any atom is -0.461 e. The van der Waals surface area contributed by atoms with Gasteiger partial charge in [-0.25, -0.2) is 4.79 Å². The third kappa shape index (κ3) is 3.15. The third-order valence-electron chi connectivity index (χ3n) is 2.58. The Kier molecular flexibility index (Phi) is 3.88. The van der Waals surface area contributed by atoms with E-state index in [9.17, 15) is 18.0 Å². The van der Waals surface area contributed by atoms with E-state index in [2.05, 4.69) is 4.98 Å². The fourth-order valence-electron chi connectivity index (χ4n) is 1.60. The van der Waals surface area contributed by atoms with Gasteiger partial charge < -0.3 is 14.9 Å². The van der Waals surface area contributed by atoms with Crippen LogP contribution in [0.3, 0.4) is 0 Å². The summed E-state index contributed by atoms with van der Waals surface area (Å²) < 4.78 is 47.2. The first kappa shape index (κ1) is 14.9. The van der Waals surface area contributed by atoms with Crippen molar-refractivity contribution in [2.45, 2.75) is 13.1 Å². The summed E-state index contributed by atoms with van der Waals surface area (Å²) in [5.74, 6) is -1.05. The molecule has 1 aromatic heterocycles. The molecule has 0 aliphatic carbocycles.